The summed E-state index contributed by atoms with van der Waals surface area (Å²) in [5.41, 5.74) is 2.11. The average Bonchev–Trinajstić information content (AvgIpc) is 2.93. The van der Waals surface area contributed by atoms with E-state index in [0.717, 1.165) is 35.3 Å². The van der Waals surface area contributed by atoms with Gasteiger partial charge in [0, 0.05) is 29.7 Å². The first-order valence-electron chi connectivity index (χ1n) is 6.29. The molecule has 1 fully saturated rings. The second kappa shape index (κ2) is 5.12. The fourth-order valence-corrected chi connectivity index (χ4v) is 2.96. The van der Waals surface area contributed by atoms with Gasteiger partial charge in [-0.2, -0.15) is 0 Å². The molecule has 18 heavy (non-hydrogen) atoms. The maximum absolute atomic E-state index is 4.59. The Morgan fingerprint density at radius 2 is 2.33 bits per heavy atom. The number of rotatable bonds is 2. The largest absolute Gasteiger partial charge is 0.316 e. The summed E-state index contributed by atoms with van der Waals surface area (Å²) in [6.07, 6.45) is 4.25. The molecule has 3 rings (SSSR count). The van der Waals surface area contributed by atoms with Gasteiger partial charge in [-0.05, 0) is 32.4 Å². The molecular weight excluding hydrogens is 244 g/mol. The van der Waals surface area contributed by atoms with E-state index in [1.165, 1.54) is 12.8 Å². The number of hydrogen-bond donors (Lipinski definition) is 1. The first kappa shape index (κ1) is 11.7. The molecule has 94 valence electrons. The van der Waals surface area contributed by atoms with Crippen LogP contribution in [0.25, 0.3) is 10.7 Å². The molecule has 0 saturated carbocycles. The first-order valence-corrected chi connectivity index (χ1v) is 7.17. The number of thiazole rings is 1. The van der Waals surface area contributed by atoms with Gasteiger partial charge in [-0.25, -0.2) is 15.0 Å². The normalized spacial score (nSPS) is 19.9. The lowest BCUT2D eigenvalue weighted by Gasteiger charge is -2.22. The molecule has 0 radical (unpaired) electrons. The predicted molar refractivity (Wildman–Crippen MR) is 72.7 cm³/mol. The number of nitrogens with one attached hydrogen (secondary N) is 1. The average molecular weight is 260 g/mol. The van der Waals surface area contributed by atoms with E-state index in [1.54, 1.807) is 11.3 Å². The summed E-state index contributed by atoms with van der Waals surface area (Å²) in [7, 11) is 0. The highest BCUT2D eigenvalue weighted by molar-refractivity contribution is 7.13. The zero-order valence-electron chi connectivity index (χ0n) is 10.4. The Labute approximate surface area is 111 Å². The predicted octanol–water partition coefficient (Wildman–Crippen LogP) is 2.38. The van der Waals surface area contributed by atoms with E-state index >= 15 is 0 Å². The van der Waals surface area contributed by atoms with Crippen LogP contribution in [0.1, 0.15) is 30.3 Å². The fraction of sp³-hybridized carbons (Fsp3) is 0.462. The number of aryl methyl sites for hydroxylation is 1. The van der Waals surface area contributed by atoms with Crippen LogP contribution >= 0.6 is 11.3 Å². The minimum atomic E-state index is 0.513. The molecule has 0 aliphatic carbocycles. The SMILES string of the molecule is Cc1nc(-c2nccs2)cc([C@@H]2CCCNC2)n1. The van der Waals surface area contributed by atoms with Gasteiger partial charge in [-0.3, -0.25) is 0 Å². The monoisotopic (exact) mass is 260 g/mol. The molecule has 1 atom stereocenters. The molecule has 0 spiro atoms. The molecule has 0 aromatic carbocycles. The zero-order valence-corrected chi connectivity index (χ0v) is 11.2. The summed E-state index contributed by atoms with van der Waals surface area (Å²) >= 11 is 1.62. The van der Waals surface area contributed by atoms with Crippen LogP contribution in [0, 0.1) is 6.92 Å². The summed E-state index contributed by atoms with van der Waals surface area (Å²) in [6.45, 7) is 4.10. The standard InChI is InChI=1S/C13H16N4S/c1-9-16-11(10-3-2-4-14-8-10)7-12(17-9)13-15-5-6-18-13/h5-7,10,14H,2-4,8H2,1H3/t10-/m1/s1. The van der Waals surface area contributed by atoms with Gasteiger partial charge in [-0.15, -0.1) is 11.3 Å². The molecule has 0 unspecified atom stereocenters. The summed E-state index contributed by atoms with van der Waals surface area (Å²) in [5, 5.41) is 6.39. The van der Waals surface area contributed by atoms with Gasteiger partial charge < -0.3 is 5.32 Å². The van der Waals surface area contributed by atoms with Crippen molar-refractivity contribution in [2.45, 2.75) is 25.7 Å². The van der Waals surface area contributed by atoms with E-state index in [0.29, 0.717) is 5.92 Å². The van der Waals surface area contributed by atoms with Gasteiger partial charge in [0.15, 0.2) is 0 Å². The van der Waals surface area contributed by atoms with Crippen LogP contribution in [0.15, 0.2) is 17.6 Å². The molecule has 2 aromatic heterocycles. The second-order valence-corrected chi connectivity index (χ2v) is 5.50. The van der Waals surface area contributed by atoms with Crippen LogP contribution in [-0.2, 0) is 0 Å². The Hall–Kier alpha value is -1.33. The van der Waals surface area contributed by atoms with Crippen molar-refractivity contribution in [1.29, 1.82) is 0 Å². The van der Waals surface area contributed by atoms with E-state index in [9.17, 15) is 0 Å². The van der Waals surface area contributed by atoms with Crippen LogP contribution < -0.4 is 5.32 Å². The molecule has 0 amide bonds. The highest BCUT2D eigenvalue weighted by Gasteiger charge is 2.18. The topological polar surface area (TPSA) is 50.7 Å². The highest BCUT2D eigenvalue weighted by Crippen LogP contribution is 2.26. The summed E-state index contributed by atoms with van der Waals surface area (Å²) < 4.78 is 0. The number of nitrogens with zero attached hydrogens (tertiary/aromatic N) is 3. The lowest BCUT2D eigenvalue weighted by Crippen LogP contribution is -2.29. The second-order valence-electron chi connectivity index (χ2n) is 4.61. The third-order valence-corrected chi connectivity index (χ3v) is 4.02. The number of hydrogen-bond acceptors (Lipinski definition) is 5. The van der Waals surface area contributed by atoms with Crippen molar-refractivity contribution in [2.75, 3.05) is 13.1 Å². The smallest absolute Gasteiger partial charge is 0.141 e. The molecule has 3 heterocycles. The van der Waals surface area contributed by atoms with Crippen molar-refractivity contribution >= 4 is 11.3 Å². The van der Waals surface area contributed by atoms with Gasteiger partial charge in [0.05, 0.1) is 0 Å². The molecule has 1 N–H and O–H groups in total. The minimum absolute atomic E-state index is 0.513. The van der Waals surface area contributed by atoms with Crippen molar-refractivity contribution in [2.24, 2.45) is 0 Å². The van der Waals surface area contributed by atoms with Crippen molar-refractivity contribution < 1.29 is 0 Å². The maximum atomic E-state index is 4.59. The number of piperidine rings is 1. The van der Waals surface area contributed by atoms with Crippen molar-refractivity contribution in [1.82, 2.24) is 20.3 Å². The van der Waals surface area contributed by atoms with Crippen molar-refractivity contribution in [3.05, 3.63) is 29.2 Å². The molecule has 1 aliphatic heterocycles. The van der Waals surface area contributed by atoms with Crippen LogP contribution in [0.4, 0.5) is 0 Å². The van der Waals surface area contributed by atoms with Crippen molar-refractivity contribution in [3.63, 3.8) is 0 Å². The fourth-order valence-electron chi connectivity index (χ4n) is 2.36. The Balaban J connectivity index is 1.95. The molecule has 0 bridgehead atoms. The molecule has 1 aliphatic rings. The van der Waals surface area contributed by atoms with Crippen LogP contribution in [0.3, 0.4) is 0 Å². The third-order valence-electron chi connectivity index (χ3n) is 3.22. The Bertz CT molecular complexity index is 518. The Morgan fingerprint density at radius 1 is 1.39 bits per heavy atom. The van der Waals surface area contributed by atoms with E-state index in [1.807, 2.05) is 18.5 Å². The van der Waals surface area contributed by atoms with Gasteiger partial charge in [0.1, 0.15) is 16.5 Å². The lowest BCUT2D eigenvalue weighted by molar-refractivity contribution is 0.453. The van der Waals surface area contributed by atoms with E-state index in [4.69, 9.17) is 0 Å². The van der Waals surface area contributed by atoms with Gasteiger partial charge in [0.2, 0.25) is 0 Å². The van der Waals surface area contributed by atoms with Crippen LogP contribution in [0.5, 0.6) is 0 Å². The summed E-state index contributed by atoms with van der Waals surface area (Å²) in [6, 6.07) is 2.10. The first-order chi connectivity index (χ1) is 8.83. The Morgan fingerprint density at radius 3 is 3.06 bits per heavy atom. The highest BCUT2D eigenvalue weighted by atomic mass is 32.1. The quantitative estimate of drug-likeness (QED) is 0.900. The minimum Gasteiger partial charge on any atom is -0.316 e. The molecule has 5 heteroatoms. The molecule has 4 nitrogen and oxygen atoms in total. The third kappa shape index (κ3) is 2.42. The van der Waals surface area contributed by atoms with Gasteiger partial charge >= 0.3 is 0 Å². The van der Waals surface area contributed by atoms with Gasteiger partial charge in [0.25, 0.3) is 0 Å². The Kier molecular flexibility index (Phi) is 3.34. The molecule has 2 aromatic rings. The summed E-state index contributed by atoms with van der Waals surface area (Å²) in [4.78, 5) is 13.4. The summed E-state index contributed by atoms with van der Waals surface area (Å²) in [5.74, 6) is 1.35. The maximum Gasteiger partial charge on any atom is 0.141 e. The van der Waals surface area contributed by atoms with E-state index < -0.39 is 0 Å². The molecule has 1 saturated heterocycles. The van der Waals surface area contributed by atoms with Crippen molar-refractivity contribution in [3.8, 4) is 10.7 Å². The lowest BCUT2D eigenvalue weighted by atomic mass is 9.95. The molecular formula is C13H16N4S. The van der Waals surface area contributed by atoms with Gasteiger partial charge in [-0.1, -0.05) is 0 Å². The van der Waals surface area contributed by atoms with E-state index in [2.05, 4.69) is 26.3 Å². The van der Waals surface area contributed by atoms with Crippen LogP contribution in [0.2, 0.25) is 0 Å². The van der Waals surface area contributed by atoms with Crippen LogP contribution in [-0.4, -0.2) is 28.0 Å². The number of aromatic nitrogens is 3. The zero-order chi connectivity index (χ0) is 12.4. The van der Waals surface area contributed by atoms with E-state index in [-0.39, 0.29) is 0 Å².